The van der Waals surface area contributed by atoms with Gasteiger partial charge in [-0.25, -0.2) is 0 Å². The van der Waals surface area contributed by atoms with Gasteiger partial charge < -0.3 is 0 Å². The van der Waals surface area contributed by atoms with Crippen LogP contribution in [0.5, 0.6) is 0 Å². The van der Waals surface area contributed by atoms with Crippen LogP contribution in [0.15, 0.2) is 12.3 Å². The fourth-order valence-corrected chi connectivity index (χ4v) is 0.845. The maximum atomic E-state index is 9.67. The molecule has 3 heteroatoms. The molecule has 0 saturated carbocycles. The molecule has 0 rings (SSSR count). The Hall–Kier alpha value is -0.595. The molecule has 0 radical (unpaired) electrons. The van der Waals surface area contributed by atoms with Gasteiger partial charge >= 0.3 is 68.1 Å². The van der Waals surface area contributed by atoms with Crippen LogP contribution in [0, 0.1) is 0 Å². The molecule has 0 saturated heterocycles. The van der Waals surface area contributed by atoms with Crippen molar-refractivity contribution < 1.29 is 9.36 Å². The van der Waals surface area contributed by atoms with Crippen molar-refractivity contribution in [2.24, 2.45) is 0 Å². The quantitative estimate of drug-likeness (QED) is 0.319. The van der Waals surface area contributed by atoms with Gasteiger partial charge in [-0.15, -0.1) is 0 Å². The van der Waals surface area contributed by atoms with Crippen molar-refractivity contribution in [1.29, 1.82) is 0 Å². The van der Waals surface area contributed by atoms with Crippen molar-refractivity contribution in [2.45, 2.75) is 39.0 Å². The minimum absolute atomic E-state index is 0.433. The van der Waals surface area contributed by atoms with Crippen LogP contribution in [0.2, 0.25) is 0 Å². The summed E-state index contributed by atoms with van der Waals surface area (Å²) in [6, 6.07) is 0. The molecule has 0 aliphatic rings. The molecule has 2 nitrogen and oxygen atoms in total. The van der Waals surface area contributed by atoms with E-state index in [1.54, 1.807) is 0 Å². The summed E-state index contributed by atoms with van der Waals surface area (Å²) in [6.07, 6.45) is 9.34. The van der Waals surface area contributed by atoms with Crippen molar-refractivity contribution in [3.63, 3.8) is 0 Å². The molecule has 0 fully saturated rings. The summed E-state index contributed by atoms with van der Waals surface area (Å²) in [5, 5.41) is 0. The topological polar surface area (TPSA) is 26.3 Å². The van der Waals surface area contributed by atoms with Crippen LogP contribution in [0.4, 0.5) is 0 Å². The van der Waals surface area contributed by atoms with Crippen molar-refractivity contribution in [3.8, 4) is 0 Å². The molecule has 0 amide bonds. The number of hydrogen-bond donors (Lipinski definition) is 0. The van der Waals surface area contributed by atoms with E-state index in [-0.39, 0.29) is 0 Å². The molecule has 0 heterocycles. The Morgan fingerprint density at radius 3 is 2.82 bits per heavy atom. The normalized spacial score (nSPS) is 9.91. The zero-order valence-corrected chi connectivity index (χ0v) is 7.08. The van der Waals surface area contributed by atoms with Crippen LogP contribution >= 0.6 is 0 Å². The molecule has 0 aliphatic heterocycles. The fraction of sp³-hybridized carbons (Fsp3) is 0.750. The van der Waals surface area contributed by atoms with Gasteiger partial charge in [0.2, 0.25) is 0 Å². The number of unbranched alkanes of at least 4 members (excludes halogenated alkanes) is 4. The third kappa shape index (κ3) is 9.40. The van der Waals surface area contributed by atoms with Gasteiger partial charge in [0.25, 0.3) is 0 Å². The van der Waals surface area contributed by atoms with E-state index in [4.69, 9.17) is 0 Å². The summed E-state index contributed by atoms with van der Waals surface area (Å²) in [7, 11) is 0.433. The predicted octanol–water partition coefficient (Wildman–Crippen LogP) is 2.45. The van der Waals surface area contributed by atoms with E-state index in [1.807, 2.05) is 6.08 Å². The van der Waals surface area contributed by atoms with E-state index in [0.717, 1.165) is 6.42 Å². The average Bonchev–Trinajstić information content (AvgIpc) is 2.03. The molecule has 0 aromatic rings. The molecular formula is C8H15BO2. The standard InChI is InChI=1S/C8H15BO2/c1-2-3-4-5-6-7-8-11-9-10/h7-8H,2-6H2,1H3. The van der Waals surface area contributed by atoms with Gasteiger partial charge in [-0.05, 0) is 0 Å². The van der Waals surface area contributed by atoms with Crippen molar-refractivity contribution in [1.82, 2.24) is 0 Å². The van der Waals surface area contributed by atoms with Crippen molar-refractivity contribution in [2.75, 3.05) is 0 Å². The molecule has 0 spiro atoms. The summed E-state index contributed by atoms with van der Waals surface area (Å²) >= 11 is 0. The van der Waals surface area contributed by atoms with Crippen LogP contribution in [-0.2, 0) is 9.36 Å². The molecule has 0 bridgehead atoms. The maximum absolute atomic E-state index is 9.67. The molecule has 0 unspecified atom stereocenters. The molecule has 62 valence electrons. The SMILES string of the molecule is CCCCCCC=COB=O. The second-order valence-electron chi connectivity index (χ2n) is 2.45. The third-order valence-electron chi connectivity index (χ3n) is 1.45. The molecular weight excluding hydrogens is 139 g/mol. The fourth-order valence-electron chi connectivity index (χ4n) is 0.845. The first-order valence-corrected chi connectivity index (χ1v) is 4.16. The average molecular weight is 154 g/mol. The van der Waals surface area contributed by atoms with Crippen LogP contribution in [0.1, 0.15) is 39.0 Å². The number of allylic oxidation sites excluding steroid dienone is 1. The Labute approximate surface area is 68.9 Å². The van der Waals surface area contributed by atoms with Gasteiger partial charge in [0.05, 0.1) is 0 Å². The summed E-state index contributed by atoms with van der Waals surface area (Å²) in [5.41, 5.74) is 0. The zero-order chi connectivity index (χ0) is 8.36. The van der Waals surface area contributed by atoms with E-state index in [0.29, 0.717) is 7.35 Å². The number of hydrogen-bond acceptors (Lipinski definition) is 2. The van der Waals surface area contributed by atoms with E-state index >= 15 is 0 Å². The molecule has 0 aromatic carbocycles. The summed E-state index contributed by atoms with van der Waals surface area (Å²) < 4.78 is 14.0. The van der Waals surface area contributed by atoms with Gasteiger partial charge in [0.15, 0.2) is 0 Å². The van der Waals surface area contributed by atoms with Gasteiger partial charge in [-0.3, -0.25) is 0 Å². The Balaban J connectivity index is 2.94. The molecule has 0 aliphatic carbocycles. The third-order valence-corrected chi connectivity index (χ3v) is 1.45. The molecule has 0 atom stereocenters. The summed E-state index contributed by atoms with van der Waals surface area (Å²) in [4.78, 5) is 0. The molecule has 0 aromatic heterocycles. The van der Waals surface area contributed by atoms with Gasteiger partial charge in [0, 0.05) is 0 Å². The van der Waals surface area contributed by atoms with Crippen LogP contribution in [-0.4, -0.2) is 7.35 Å². The van der Waals surface area contributed by atoms with E-state index < -0.39 is 0 Å². The minimum atomic E-state index is 0.433. The van der Waals surface area contributed by atoms with E-state index in [1.165, 1.54) is 31.9 Å². The van der Waals surface area contributed by atoms with Gasteiger partial charge in [-0.2, -0.15) is 0 Å². The first-order chi connectivity index (χ1) is 5.41. The Kier molecular flexibility index (Phi) is 8.90. The second-order valence-corrected chi connectivity index (χ2v) is 2.45. The predicted molar refractivity (Wildman–Crippen MR) is 45.4 cm³/mol. The zero-order valence-electron chi connectivity index (χ0n) is 7.08. The second kappa shape index (κ2) is 9.40. The van der Waals surface area contributed by atoms with E-state index in [2.05, 4.69) is 11.6 Å². The monoisotopic (exact) mass is 154 g/mol. The Morgan fingerprint density at radius 1 is 1.36 bits per heavy atom. The summed E-state index contributed by atoms with van der Waals surface area (Å²) in [6.45, 7) is 2.19. The Bertz CT molecular complexity index is 113. The van der Waals surface area contributed by atoms with Crippen LogP contribution in [0.3, 0.4) is 0 Å². The van der Waals surface area contributed by atoms with Crippen molar-refractivity contribution >= 4 is 7.35 Å². The number of rotatable bonds is 7. The first-order valence-electron chi connectivity index (χ1n) is 4.16. The van der Waals surface area contributed by atoms with Gasteiger partial charge in [0.1, 0.15) is 0 Å². The molecule has 11 heavy (non-hydrogen) atoms. The Morgan fingerprint density at radius 2 is 2.18 bits per heavy atom. The van der Waals surface area contributed by atoms with Crippen LogP contribution < -0.4 is 0 Å². The van der Waals surface area contributed by atoms with Gasteiger partial charge in [-0.1, -0.05) is 0 Å². The van der Waals surface area contributed by atoms with Crippen molar-refractivity contribution in [3.05, 3.63) is 12.3 Å². The van der Waals surface area contributed by atoms with E-state index in [9.17, 15) is 4.70 Å². The van der Waals surface area contributed by atoms with Crippen LogP contribution in [0.25, 0.3) is 0 Å². The molecule has 0 N–H and O–H groups in total. The first kappa shape index (κ1) is 10.4. The summed E-state index contributed by atoms with van der Waals surface area (Å²) in [5.74, 6) is 0.